The van der Waals surface area contributed by atoms with E-state index < -0.39 is 23.2 Å². The first kappa shape index (κ1) is 20.7. The molecule has 1 atom stereocenters. The number of aliphatic hydroxyl groups is 1. The summed E-state index contributed by atoms with van der Waals surface area (Å²) in [5.74, 6) is -2.20. The van der Waals surface area contributed by atoms with Crippen LogP contribution in [-0.4, -0.2) is 40.0 Å². The zero-order valence-corrected chi connectivity index (χ0v) is 16.2. The second-order valence-electron chi connectivity index (χ2n) is 6.61. The highest BCUT2D eigenvalue weighted by Crippen LogP contribution is 2.29. The van der Waals surface area contributed by atoms with Crippen molar-refractivity contribution in [1.29, 1.82) is 0 Å². The molecule has 2 aromatic rings. The van der Waals surface area contributed by atoms with Crippen LogP contribution in [0, 0.1) is 5.82 Å². The van der Waals surface area contributed by atoms with Crippen molar-refractivity contribution in [3.8, 4) is 0 Å². The van der Waals surface area contributed by atoms with E-state index in [1.807, 2.05) is 0 Å². The van der Waals surface area contributed by atoms with Crippen LogP contribution in [0.25, 0.3) is 0 Å². The highest BCUT2D eigenvalue weighted by atomic mass is 35.5. The van der Waals surface area contributed by atoms with Crippen molar-refractivity contribution in [3.05, 3.63) is 52.9 Å². The Bertz CT molecular complexity index is 949. The van der Waals surface area contributed by atoms with Gasteiger partial charge in [-0.05, 0) is 35.9 Å². The van der Waals surface area contributed by atoms with Crippen LogP contribution in [0.1, 0.15) is 18.9 Å². The lowest BCUT2D eigenvalue weighted by Gasteiger charge is -2.21. The maximum Gasteiger partial charge on any atom is 0.268 e. The fourth-order valence-electron chi connectivity index (χ4n) is 3.00. The standard InChI is InChI=1S/C19H18ClFN4O4/c1-11(26)24-16-3-2-15(10-22-16)25-5-4-19(29,18(25)28)17(27)23-9-12-6-13(20)8-14(21)7-12/h2-3,6-8,10,29H,4-5,9H2,1H3,(H,23,27)(H,22,24,26). The number of hydrogen-bond donors (Lipinski definition) is 3. The van der Waals surface area contributed by atoms with Crippen LogP contribution in [0.3, 0.4) is 0 Å². The summed E-state index contributed by atoms with van der Waals surface area (Å²) in [4.78, 5) is 41.5. The van der Waals surface area contributed by atoms with Crippen molar-refractivity contribution >= 4 is 40.8 Å². The molecule has 0 saturated carbocycles. The molecule has 0 radical (unpaired) electrons. The molecule has 3 rings (SSSR count). The van der Waals surface area contributed by atoms with E-state index in [4.69, 9.17) is 11.6 Å². The predicted molar refractivity (Wildman–Crippen MR) is 104 cm³/mol. The molecule has 29 heavy (non-hydrogen) atoms. The minimum absolute atomic E-state index is 0.0983. The van der Waals surface area contributed by atoms with E-state index >= 15 is 0 Å². The fraction of sp³-hybridized carbons (Fsp3) is 0.263. The number of anilines is 2. The van der Waals surface area contributed by atoms with Gasteiger partial charge in [0.2, 0.25) is 11.5 Å². The smallest absolute Gasteiger partial charge is 0.268 e. The Morgan fingerprint density at radius 1 is 1.34 bits per heavy atom. The third kappa shape index (κ3) is 4.52. The quantitative estimate of drug-likeness (QED) is 0.636. The summed E-state index contributed by atoms with van der Waals surface area (Å²) in [7, 11) is 0. The number of carbonyl (C=O) groups excluding carboxylic acids is 3. The molecule has 0 aliphatic carbocycles. The van der Waals surface area contributed by atoms with E-state index in [1.54, 1.807) is 6.07 Å². The number of carbonyl (C=O) groups is 3. The molecular weight excluding hydrogens is 403 g/mol. The Balaban J connectivity index is 1.68. The third-order valence-corrected chi connectivity index (χ3v) is 4.63. The minimum atomic E-state index is -2.24. The summed E-state index contributed by atoms with van der Waals surface area (Å²) in [6.45, 7) is 1.35. The molecule has 1 aliphatic rings. The van der Waals surface area contributed by atoms with Crippen LogP contribution >= 0.6 is 11.6 Å². The summed E-state index contributed by atoms with van der Waals surface area (Å²) in [5, 5.41) is 15.8. The molecule has 3 N–H and O–H groups in total. The predicted octanol–water partition coefficient (Wildman–Crippen LogP) is 1.62. The molecule has 10 heteroatoms. The van der Waals surface area contributed by atoms with Crippen molar-refractivity contribution in [1.82, 2.24) is 10.3 Å². The number of halogens is 2. The number of pyridine rings is 1. The lowest BCUT2D eigenvalue weighted by Crippen LogP contribution is -2.52. The van der Waals surface area contributed by atoms with Gasteiger partial charge in [0.15, 0.2) is 0 Å². The first-order chi connectivity index (χ1) is 13.7. The molecule has 1 aromatic carbocycles. The highest BCUT2D eigenvalue weighted by Gasteiger charge is 2.51. The van der Waals surface area contributed by atoms with Crippen LogP contribution in [0.2, 0.25) is 5.02 Å². The maximum absolute atomic E-state index is 13.4. The Hall–Kier alpha value is -3.04. The van der Waals surface area contributed by atoms with Crippen molar-refractivity contribution in [2.45, 2.75) is 25.5 Å². The average molecular weight is 421 g/mol. The summed E-state index contributed by atoms with van der Waals surface area (Å²) in [6.07, 6.45) is 1.25. The van der Waals surface area contributed by atoms with Gasteiger partial charge >= 0.3 is 0 Å². The lowest BCUT2D eigenvalue weighted by molar-refractivity contribution is -0.149. The van der Waals surface area contributed by atoms with Crippen molar-refractivity contribution in [3.63, 3.8) is 0 Å². The molecule has 1 unspecified atom stereocenters. The topological polar surface area (TPSA) is 112 Å². The number of aromatic nitrogens is 1. The van der Waals surface area contributed by atoms with E-state index in [0.717, 1.165) is 6.07 Å². The summed E-state index contributed by atoms with van der Waals surface area (Å²) >= 11 is 5.78. The van der Waals surface area contributed by atoms with E-state index in [1.165, 1.54) is 36.2 Å². The average Bonchev–Trinajstić information content (AvgIpc) is 2.95. The van der Waals surface area contributed by atoms with Crippen LogP contribution < -0.4 is 15.5 Å². The largest absolute Gasteiger partial charge is 0.372 e. The minimum Gasteiger partial charge on any atom is -0.372 e. The van der Waals surface area contributed by atoms with Gasteiger partial charge in [-0.3, -0.25) is 14.4 Å². The van der Waals surface area contributed by atoms with Gasteiger partial charge in [-0.1, -0.05) is 11.6 Å². The van der Waals surface area contributed by atoms with Gasteiger partial charge in [0.1, 0.15) is 11.6 Å². The summed E-state index contributed by atoms with van der Waals surface area (Å²) in [5.41, 5.74) is -1.47. The molecule has 3 amide bonds. The molecule has 8 nitrogen and oxygen atoms in total. The first-order valence-corrected chi connectivity index (χ1v) is 9.08. The van der Waals surface area contributed by atoms with Crippen molar-refractivity contribution < 1.29 is 23.9 Å². The fourth-order valence-corrected chi connectivity index (χ4v) is 3.25. The second-order valence-corrected chi connectivity index (χ2v) is 7.05. The molecule has 152 valence electrons. The van der Waals surface area contributed by atoms with Crippen molar-refractivity contribution in [2.75, 3.05) is 16.8 Å². The normalized spacial score (nSPS) is 18.6. The number of amides is 3. The molecular formula is C19H18ClFN4O4. The zero-order valence-electron chi connectivity index (χ0n) is 15.4. The molecule has 1 saturated heterocycles. The SMILES string of the molecule is CC(=O)Nc1ccc(N2CCC(O)(C(=O)NCc3cc(F)cc(Cl)c3)C2=O)cn1. The molecule has 2 heterocycles. The molecule has 1 fully saturated rings. The maximum atomic E-state index is 13.4. The number of nitrogens with zero attached hydrogens (tertiary/aromatic N) is 2. The first-order valence-electron chi connectivity index (χ1n) is 8.70. The summed E-state index contributed by atoms with van der Waals surface area (Å²) < 4.78 is 13.4. The van der Waals surface area contributed by atoms with Gasteiger partial charge < -0.3 is 20.6 Å². The number of hydrogen-bond acceptors (Lipinski definition) is 5. The van der Waals surface area contributed by atoms with Gasteiger partial charge in [0.05, 0.1) is 11.9 Å². The monoisotopic (exact) mass is 420 g/mol. The number of rotatable bonds is 5. The molecule has 0 bridgehead atoms. The summed E-state index contributed by atoms with van der Waals surface area (Å²) in [6, 6.07) is 6.86. The van der Waals surface area contributed by atoms with Gasteiger partial charge in [-0.25, -0.2) is 9.37 Å². The Labute approximate surface area is 170 Å². The van der Waals surface area contributed by atoms with Gasteiger partial charge in [0, 0.05) is 31.5 Å². The van der Waals surface area contributed by atoms with Crippen LogP contribution in [0.4, 0.5) is 15.9 Å². The van der Waals surface area contributed by atoms with E-state index in [2.05, 4.69) is 15.6 Å². The van der Waals surface area contributed by atoms with Gasteiger partial charge in [0.25, 0.3) is 11.8 Å². The van der Waals surface area contributed by atoms with Crippen LogP contribution in [0.15, 0.2) is 36.5 Å². The van der Waals surface area contributed by atoms with Crippen LogP contribution in [-0.2, 0) is 20.9 Å². The van der Waals surface area contributed by atoms with Crippen molar-refractivity contribution in [2.24, 2.45) is 0 Å². The van der Waals surface area contributed by atoms with E-state index in [0.29, 0.717) is 17.1 Å². The zero-order chi connectivity index (χ0) is 21.2. The van der Waals surface area contributed by atoms with Gasteiger partial charge in [-0.15, -0.1) is 0 Å². The molecule has 1 aromatic heterocycles. The van der Waals surface area contributed by atoms with Gasteiger partial charge in [-0.2, -0.15) is 0 Å². The van der Waals surface area contributed by atoms with E-state index in [-0.39, 0.29) is 30.4 Å². The number of benzene rings is 1. The Morgan fingerprint density at radius 3 is 2.72 bits per heavy atom. The molecule has 1 aliphatic heterocycles. The molecule has 0 spiro atoms. The Morgan fingerprint density at radius 2 is 2.10 bits per heavy atom. The third-order valence-electron chi connectivity index (χ3n) is 4.41. The lowest BCUT2D eigenvalue weighted by atomic mass is 10.0. The number of nitrogens with one attached hydrogen (secondary N) is 2. The van der Waals surface area contributed by atoms with Crippen LogP contribution in [0.5, 0.6) is 0 Å². The Kier molecular flexibility index (Phi) is 5.81. The van der Waals surface area contributed by atoms with E-state index in [9.17, 15) is 23.9 Å². The second kappa shape index (κ2) is 8.14. The highest BCUT2D eigenvalue weighted by molar-refractivity contribution is 6.30.